The number of aryl methyl sites for hydroxylation is 1. The lowest BCUT2D eigenvalue weighted by Gasteiger charge is -2.00. The van der Waals surface area contributed by atoms with Gasteiger partial charge in [-0.25, -0.2) is 15.0 Å². The highest BCUT2D eigenvalue weighted by Gasteiger charge is 1.98. The lowest BCUT2D eigenvalue weighted by Crippen LogP contribution is -2.01. The van der Waals surface area contributed by atoms with Gasteiger partial charge in [-0.05, 0) is 6.42 Å². The standard InChI is InChI=1S/C11H17N3/c1-3-5-6-8-11-13-9-12-10(14-11)7-4-2/h4,9H,2-3,5-8H2,1H3. The molecule has 0 fully saturated rings. The van der Waals surface area contributed by atoms with E-state index in [-0.39, 0.29) is 0 Å². The van der Waals surface area contributed by atoms with Crippen molar-refractivity contribution in [3.8, 4) is 0 Å². The van der Waals surface area contributed by atoms with Crippen molar-refractivity contribution in [3.63, 3.8) is 0 Å². The zero-order valence-electron chi connectivity index (χ0n) is 8.74. The molecular weight excluding hydrogens is 174 g/mol. The van der Waals surface area contributed by atoms with E-state index in [9.17, 15) is 0 Å². The zero-order chi connectivity index (χ0) is 10.2. The molecule has 0 aliphatic rings. The quantitative estimate of drug-likeness (QED) is 0.511. The Labute approximate surface area is 85.3 Å². The summed E-state index contributed by atoms with van der Waals surface area (Å²) in [6.45, 7) is 5.85. The predicted octanol–water partition coefficient (Wildman–Crippen LogP) is 2.33. The molecule has 0 bridgehead atoms. The fourth-order valence-corrected chi connectivity index (χ4v) is 1.25. The molecule has 1 aromatic rings. The van der Waals surface area contributed by atoms with Gasteiger partial charge in [0.05, 0.1) is 0 Å². The summed E-state index contributed by atoms with van der Waals surface area (Å²) in [6.07, 6.45) is 8.71. The molecule has 0 radical (unpaired) electrons. The smallest absolute Gasteiger partial charge is 0.136 e. The largest absolute Gasteiger partial charge is 0.221 e. The summed E-state index contributed by atoms with van der Waals surface area (Å²) in [5, 5.41) is 0. The minimum atomic E-state index is 0.725. The van der Waals surface area contributed by atoms with Gasteiger partial charge in [0.15, 0.2) is 0 Å². The molecule has 14 heavy (non-hydrogen) atoms. The number of aromatic nitrogens is 3. The van der Waals surface area contributed by atoms with Gasteiger partial charge in [0.2, 0.25) is 0 Å². The van der Waals surface area contributed by atoms with Gasteiger partial charge < -0.3 is 0 Å². The molecule has 1 rings (SSSR count). The van der Waals surface area contributed by atoms with E-state index in [2.05, 4.69) is 28.5 Å². The van der Waals surface area contributed by atoms with Crippen LogP contribution >= 0.6 is 0 Å². The van der Waals surface area contributed by atoms with Gasteiger partial charge in [-0.1, -0.05) is 25.8 Å². The number of unbranched alkanes of at least 4 members (excludes halogenated alkanes) is 2. The van der Waals surface area contributed by atoms with Crippen molar-refractivity contribution in [1.82, 2.24) is 15.0 Å². The fourth-order valence-electron chi connectivity index (χ4n) is 1.25. The number of hydrogen-bond donors (Lipinski definition) is 0. The summed E-state index contributed by atoms with van der Waals surface area (Å²) in [5.74, 6) is 1.73. The minimum Gasteiger partial charge on any atom is -0.221 e. The van der Waals surface area contributed by atoms with E-state index < -0.39 is 0 Å². The first kappa shape index (κ1) is 10.8. The van der Waals surface area contributed by atoms with E-state index in [0.717, 1.165) is 30.9 Å². The number of rotatable bonds is 6. The van der Waals surface area contributed by atoms with Crippen LogP contribution in [-0.2, 0) is 12.8 Å². The third kappa shape index (κ3) is 3.64. The van der Waals surface area contributed by atoms with Gasteiger partial charge in [-0.3, -0.25) is 0 Å². The van der Waals surface area contributed by atoms with Crippen molar-refractivity contribution >= 4 is 0 Å². The van der Waals surface area contributed by atoms with E-state index in [1.165, 1.54) is 12.8 Å². The maximum atomic E-state index is 4.34. The zero-order valence-corrected chi connectivity index (χ0v) is 8.74. The van der Waals surface area contributed by atoms with Crippen molar-refractivity contribution in [1.29, 1.82) is 0 Å². The normalized spacial score (nSPS) is 10.1. The molecule has 76 valence electrons. The summed E-state index contributed by atoms with van der Waals surface area (Å²) in [5.41, 5.74) is 0. The van der Waals surface area contributed by atoms with E-state index in [4.69, 9.17) is 0 Å². The number of allylic oxidation sites excluding steroid dienone is 1. The summed E-state index contributed by atoms with van der Waals surface area (Å²) in [6, 6.07) is 0. The summed E-state index contributed by atoms with van der Waals surface area (Å²) in [7, 11) is 0. The Kier molecular flexibility index (Phi) is 4.83. The molecule has 0 spiro atoms. The third-order valence-electron chi connectivity index (χ3n) is 2.00. The van der Waals surface area contributed by atoms with Crippen molar-refractivity contribution in [3.05, 3.63) is 30.6 Å². The fraction of sp³-hybridized carbons (Fsp3) is 0.545. The second-order valence-electron chi connectivity index (χ2n) is 3.27. The van der Waals surface area contributed by atoms with Gasteiger partial charge in [-0.15, -0.1) is 6.58 Å². The Morgan fingerprint density at radius 3 is 2.79 bits per heavy atom. The van der Waals surface area contributed by atoms with Crippen LogP contribution in [0.2, 0.25) is 0 Å². The lowest BCUT2D eigenvalue weighted by atomic mass is 10.2. The third-order valence-corrected chi connectivity index (χ3v) is 2.00. The lowest BCUT2D eigenvalue weighted by molar-refractivity contribution is 0.684. The molecular formula is C11H17N3. The van der Waals surface area contributed by atoms with E-state index in [0.29, 0.717) is 0 Å². The average molecular weight is 191 g/mol. The molecule has 1 aromatic heterocycles. The van der Waals surface area contributed by atoms with Crippen LogP contribution in [0.25, 0.3) is 0 Å². The minimum absolute atomic E-state index is 0.725. The van der Waals surface area contributed by atoms with Crippen LogP contribution in [0.4, 0.5) is 0 Å². The first-order chi connectivity index (χ1) is 6.86. The van der Waals surface area contributed by atoms with Crippen LogP contribution in [0.15, 0.2) is 19.0 Å². The molecule has 1 heterocycles. The molecule has 0 N–H and O–H groups in total. The van der Waals surface area contributed by atoms with Crippen LogP contribution < -0.4 is 0 Å². The number of nitrogens with zero attached hydrogens (tertiary/aromatic N) is 3. The van der Waals surface area contributed by atoms with E-state index >= 15 is 0 Å². The van der Waals surface area contributed by atoms with Crippen LogP contribution in [0.1, 0.15) is 37.8 Å². The Bertz CT molecular complexity index is 284. The number of hydrogen-bond acceptors (Lipinski definition) is 3. The SMILES string of the molecule is C=CCc1ncnc(CCCCC)n1. The van der Waals surface area contributed by atoms with Gasteiger partial charge in [0.1, 0.15) is 18.0 Å². The van der Waals surface area contributed by atoms with Gasteiger partial charge in [0.25, 0.3) is 0 Å². The monoisotopic (exact) mass is 191 g/mol. The second kappa shape index (κ2) is 6.24. The summed E-state index contributed by atoms with van der Waals surface area (Å²) in [4.78, 5) is 12.5. The topological polar surface area (TPSA) is 38.7 Å². The first-order valence-electron chi connectivity index (χ1n) is 5.14. The van der Waals surface area contributed by atoms with Crippen molar-refractivity contribution in [2.24, 2.45) is 0 Å². The molecule has 0 saturated heterocycles. The Morgan fingerprint density at radius 2 is 2.07 bits per heavy atom. The highest BCUT2D eigenvalue weighted by Crippen LogP contribution is 2.01. The summed E-state index contributed by atoms with van der Waals surface area (Å²) < 4.78 is 0. The predicted molar refractivity (Wildman–Crippen MR) is 57.0 cm³/mol. The van der Waals surface area contributed by atoms with E-state index in [1.807, 2.05) is 6.08 Å². The van der Waals surface area contributed by atoms with Crippen LogP contribution in [0.3, 0.4) is 0 Å². The maximum absolute atomic E-state index is 4.34. The van der Waals surface area contributed by atoms with Crippen LogP contribution in [0.5, 0.6) is 0 Å². The molecule has 0 aliphatic heterocycles. The Hall–Kier alpha value is -1.25. The van der Waals surface area contributed by atoms with Crippen LogP contribution in [-0.4, -0.2) is 15.0 Å². The molecule has 0 amide bonds. The molecule has 0 atom stereocenters. The molecule has 0 aliphatic carbocycles. The molecule has 3 nitrogen and oxygen atoms in total. The Morgan fingerprint density at radius 1 is 1.29 bits per heavy atom. The molecule has 0 saturated carbocycles. The van der Waals surface area contributed by atoms with Crippen molar-refractivity contribution < 1.29 is 0 Å². The molecule has 0 aromatic carbocycles. The highest BCUT2D eigenvalue weighted by atomic mass is 15.0. The Balaban J connectivity index is 2.50. The highest BCUT2D eigenvalue weighted by molar-refractivity contribution is 4.95. The molecule has 3 heteroatoms. The summed E-state index contributed by atoms with van der Waals surface area (Å²) >= 11 is 0. The van der Waals surface area contributed by atoms with Crippen molar-refractivity contribution in [2.75, 3.05) is 0 Å². The maximum Gasteiger partial charge on any atom is 0.136 e. The molecule has 0 unspecified atom stereocenters. The van der Waals surface area contributed by atoms with Crippen LogP contribution in [0, 0.1) is 0 Å². The van der Waals surface area contributed by atoms with E-state index in [1.54, 1.807) is 6.33 Å². The average Bonchev–Trinajstić information content (AvgIpc) is 2.19. The van der Waals surface area contributed by atoms with Gasteiger partial charge in [0, 0.05) is 12.8 Å². The van der Waals surface area contributed by atoms with Crippen molar-refractivity contribution in [2.45, 2.75) is 39.0 Å². The second-order valence-corrected chi connectivity index (χ2v) is 3.27. The first-order valence-corrected chi connectivity index (χ1v) is 5.14. The van der Waals surface area contributed by atoms with Gasteiger partial charge in [-0.2, -0.15) is 0 Å². The van der Waals surface area contributed by atoms with Gasteiger partial charge >= 0.3 is 0 Å².